The van der Waals surface area contributed by atoms with Crippen molar-refractivity contribution in [3.05, 3.63) is 57.6 Å². The Bertz CT molecular complexity index is 1000. The van der Waals surface area contributed by atoms with E-state index in [0.717, 1.165) is 11.8 Å². The Kier molecular flexibility index (Phi) is 3.61. The number of imidazole rings is 1. The molecule has 1 atom stereocenters. The predicted octanol–water partition coefficient (Wildman–Crippen LogP) is 2.48. The van der Waals surface area contributed by atoms with Gasteiger partial charge in [0.1, 0.15) is 23.7 Å². The number of thioether (sulfide) groups is 1. The number of rotatable bonds is 4. The monoisotopic (exact) mass is 358 g/mol. The molecule has 0 bridgehead atoms. The summed E-state index contributed by atoms with van der Waals surface area (Å²) in [7, 11) is 0. The van der Waals surface area contributed by atoms with Crippen LogP contribution in [0.25, 0.3) is 11.2 Å². The van der Waals surface area contributed by atoms with Crippen molar-refractivity contribution >= 4 is 34.4 Å². The van der Waals surface area contributed by atoms with E-state index in [1.165, 1.54) is 18.7 Å². The molecule has 25 heavy (non-hydrogen) atoms. The third-order valence-electron chi connectivity index (χ3n) is 3.39. The molecule has 1 aliphatic rings. The van der Waals surface area contributed by atoms with Gasteiger partial charge in [-0.2, -0.15) is 0 Å². The lowest BCUT2D eigenvalue weighted by Crippen LogP contribution is -2.03. The van der Waals surface area contributed by atoms with Crippen LogP contribution in [-0.4, -0.2) is 24.9 Å². The van der Waals surface area contributed by atoms with E-state index in [4.69, 9.17) is 15.2 Å². The molecule has 1 unspecified atom stereocenters. The molecule has 0 spiro atoms. The minimum Gasteiger partial charge on any atom is -0.454 e. The molecule has 2 aromatic heterocycles. The SMILES string of the molecule is Nc1ncnc2nc(SC3=COC(c4ccccc4[N+](=O)[O-])O3)[nH]c12. The van der Waals surface area contributed by atoms with Gasteiger partial charge in [0.25, 0.3) is 12.0 Å². The van der Waals surface area contributed by atoms with Gasteiger partial charge in [0, 0.05) is 6.07 Å². The number of aromatic amines is 1. The first-order chi connectivity index (χ1) is 12.1. The Hall–Kier alpha value is -3.34. The fourth-order valence-corrected chi connectivity index (χ4v) is 3.00. The van der Waals surface area contributed by atoms with Gasteiger partial charge in [0.15, 0.2) is 16.6 Å². The third-order valence-corrected chi connectivity index (χ3v) is 4.17. The molecule has 0 radical (unpaired) electrons. The number of nitrogen functional groups attached to an aromatic ring is 1. The maximum atomic E-state index is 11.1. The fourth-order valence-electron chi connectivity index (χ4n) is 2.29. The summed E-state index contributed by atoms with van der Waals surface area (Å²) in [6.07, 6.45) is 1.82. The van der Waals surface area contributed by atoms with Gasteiger partial charge in [-0.05, 0) is 17.8 Å². The van der Waals surface area contributed by atoms with Crippen molar-refractivity contribution in [2.45, 2.75) is 11.4 Å². The summed E-state index contributed by atoms with van der Waals surface area (Å²) in [5.41, 5.74) is 6.98. The molecule has 0 amide bonds. The molecule has 0 aliphatic carbocycles. The van der Waals surface area contributed by atoms with Crippen molar-refractivity contribution in [1.82, 2.24) is 19.9 Å². The van der Waals surface area contributed by atoms with Crippen molar-refractivity contribution in [3.8, 4) is 0 Å². The maximum absolute atomic E-state index is 11.1. The van der Waals surface area contributed by atoms with E-state index < -0.39 is 11.2 Å². The smallest absolute Gasteiger partial charge is 0.280 e. The molecule has 4 rings (SSSR count). The molecule has 0 fully saturated rings. The van der Waals surface area contributed by atoms with Gasteiger partial charge in [-0.1, -0.05) is 12.1 Å². The van der Waals surface area contributed by atoms with Crippen LogP contribution < -0.4 is 5.73 Å². The molecule has 1 aromatic carbocycles. The van der Waals surface area contributed by atoms with Crippen LogP contribution >= 0.6 is 11.8 Å². The number of para-hydroxylation sites is 1. The Morgan fingerprint density at radius 2 is 2.16 bits per heavy atom. The molecule has 11 heteroatoms. The maximum Gasteiger partial charge on any atom is 0.280 e. The van der Waals surface area contributed by atoms with Gasteiger partial charge in [0.2, 0.25) is 5.09 Å². The van der Waals surface area contributed by atoms with Gasteiger partial charge in [-0.15, -0.1) is 0 Å². The molecular weight excluding hydrogens is 348 g/mol. The molecule has 1 aliphatic heterocycles. The van der Waals surface area contributed by atoms with Crippen molar-refractivity contribution in [1.29, 1.82) is 0 Å². The third kappa shape index (κ3) is 2.80. The number of H-pyrrole nitrogens is 1. The number of hydrogen-bond acceptors (Lipinski definition) is 9. The molecule has 3 heterocycles. The summed E-state index contributed by atoms with van der Waals surface area (Å²) in [5.74, 6) is 0.291. The van der Waals surface area contributed by atoms with Crippen LogP contribution in [0.15, 0.2) is 47.1 Å². The molecule has 0 saturated carbocycles. The first kappa shape index (κ1) is 15.2. The summed E-state index contributed by atoms with van der Waals surface area (Å²) in [6, 6.07) is 6.25. The summed E-state index contributed by atoms with van der Waals surface area (Å²) in [6.45, 7) is 0. The number of nitro benzene ring substituents is 1. The highest BCUT2D eigenvalue weighted by atomic mass is 32.2. The molecule has 10 nitrogen and oxygen atoms in total. The molecule has 0 saturated heterocycles. The average molecular weight is 358 g/mol. The average Bonchev–Trinajstić information content (AvgIpc) is 3.22. The number of nitro groups is 1. The van der Waals surface area contributed by atoms with Crippen molar-refractivity contribution in [2.75, 3.05) is 5.73 Å². The van der Waals surface area contributed by atoms with E-state index >= 15 is 0 Å². The lowest BCUT2D eigenvalue weighted by Gasteiger charge is -2.11. The van der Waals surface area contributed by atoms with E-state index in [1.54, 1.807) is 18.2 Å². The van der Waals surface area contributed by atoms with Crippen molar-refractivity contribution in [2.24, 2.45) is 0 Å². The lowest BCUT2D eigenvalue weighted by molar-refractivity contribution is -0.386. The molecule has 3 aromatic rings. The Morgan fingerprint density at radius 1 is 1.32 bits per heavy atom. The van der Waals surface area contributed by atoms with Crippen molar-refractivity contribution < 1.29 is 14.4 Å². The van der Waals surface area contributed by atoms with E-state index in [2.05, 4.69) is 19.9 Å². The van der Waals surface area contributed by atoms with Crippen LogP contribution in [-0.2, 0) is 9.47 Å². The highest BCUT2D eigenvalue weighted by Crippen LogP contribution is 2.39. The number of fused-ring (bicyclic) bond motifs is 1. The fraction of sp³-hybridized carbons (Fsp3) is 0.0714. The number of hydrogen-bond donors (Lipinski definition) is 2. The van der Waals surface area contributed by atoms with Crippen LogP contribution in [0, 0.1) is 10.1 Å². The van der Waals surface area contributed by atoms with Crippen LogP contribution in [0.4, 0.5) is 11.5 Å². The van der Waals surface area contributed by atoms with E-state index in [1.807, 2.05) is 0 Å². The summed E-state index contributed by atoms with van der Waals surface area (Å²) in [4.78, 5) is 25.8. The van der Waals surface area contributed by atoms with Gasteiger partial charge >= 0.3 is 0 Å². The number of nitrogens with one attached hydrogen (secondary N) is 1. The highest BCUT2D eigenvalue weighted by molar-refractivity contribution is 8.02. The molecular formula is C14H10N6O4S. The van der Waals surface area contributed by atoms with E-state index in [-0.39, 0.29) is 5.69 Å². The van der Waals surface area contributed by atoms with Crippen LogP contribution in [0.5, 0.6) is 0 Å². The second-order valence-corrected chi connectivity index (χ2v) is 5.93. The summed E-state index contributed by atoms with van der Waals surface area (Å²) >= 11 is 1.15. The molecule has 3 N–H and O–H groups in total. The van der Waals surface area contributed by atoms with E-state index in [0.29, 0.717) is 32.8 Å². The minimum absolute atomic E-state index is 0.0704. The standard InChI is InChI=1S/C14H10N6O4S/c15-11-10-12(17-6-16-11)19-14(18-10)25-9-5-23-13(24-9)7-3-1-2-4-8(7)20(21)22/h1-6,13H,(H3,15,16,17,18,19). The van der Waals surface area contributed by atoms with Gasteiger partial charge < -0.3 is 20.2 Å². The Balaban J connectivity index is 1.52. The van der Waals surface area contributed by atoms with Crippen LogP contribution in [0.3, 0.4) is 0 Å². The first-order valence-corrected chi connectivity index (χ1v) is 7.83. The zero-order valence-electron chi connectivity index (χ0n) is 12.4. The second kappa shape index (κ2) is 5.94. The highest BCUT2D eigenvalue weighted by Gasteiger charge is 2.29. The van der Waals surface area contributed by atoms with Gasteiger partial charge in [-0.3, -0.25) is 10.1 Å². The summed E-state index contributed by atoms with van der Waals surface area (Å²) < 4.78 is 11.0. The normalized spacial score (nSPS) is 16.3. The number of nitrogens with zero attached hydrogens (tertiary/aromatic N) is 4. The Morgan fingerprint density at radius 3 is 2.96 bits per heavy atom. The van der Waals surface area contributed by atoms with Crippen LogP contribution in [0.1, 0.15) is 11.9 Å². The predicted molar refractivity (Wildman–Crippen MR) is 88.0 cm³/mol. The number of aromatic nitrogens is 4. The summed E-state index contributed by atoms with van der Waals surface area (Å²) in [5, 5.41) is 12.0. The quantitative estimate of drug-likeness (QED) is 0.531. The van der Waals surface area contributed by atoms with Crippen molar-refractivity contribution in [3.63, 3.8) is 0 Å². The zero-order chi connectivity index (χ0) is 17.4. The first-order valence-electron chi connectivity index (χ1n) is 7.01. The Labute approximate surface area is 144 Å². The number of anilines is 1. The zero-order valence-corrected chi connectivity index (χ0v) is 13.3. The van der Waals surface area contributed by atoms with Crippen LogP contribution in [0.2, 0.25) is 0 Å². The topological polar surface area (TPSA) is 142 Å². The number of ether oxygens (including phenoxy) is 2. The number of benzene rings is 1. The van der Waals surface area contributed by atoms with E-state index in [9.17, 15) is 10.1 Å². The minimum atomic E-state index is -0.890. The lowest BCUT2D eigenvalue weighted by atomic mass is 10.2. The largest absolute Gasteiger partial charge is 0.454 e. The second-order valence-electron chi connectivity index (χ2n) is 4.94. The molecule has 126 valence electrons. The number of nitrogens with two attached hydrogens (primary N) is 1. The van der Waals surface area contributed by atoms with Gasteiger partial charge in [-0.25, -0.2) is 15.0 Å². The van der Waals surface area contributed by atoms with Gasteiger partial charge in [0.05, 0.1) is 4.92 Å².